The van der Waals surface area contributed by atoms with Crippen molar-refractivity contribution in [3.63, 3.8) is 0 Å². The molecule has 0 heterocycles. The Hall–Kier alpha value is -2.19. The third-order valence-electron chi connectivity index (χ3n) is 4.60. The third kappa shape index (κ3) is 4.99. The van der Waals surface area contributed by atoms with Gasteiger partial charge in [0, 0.05) is 10.1 Å². The summed E-state index contributed by atoms with van der Waals surface area (Å²) in [6.07, 6.45) is 4.42. The Bertz CT molecular complexity index is 953. The van der Waals surface area contributed by atoms with Gasteiger partial charge in [-0.15, -0.1) is 11.8 Å². The predicted molar refractivity (Wildman–Crippen MR) is 110 cm³/mol. The third-order valence-corrected chi connectivity index (χ3v) is 7.40. The van der Waals surface area contributed by atoms with E-state index in [1.54, 1.807) is 30.0 Å². The number of hydrogen-bond acceptors (Lipinski definition) is 5. The average Bonchev–Trinajstić information content (AvgIpc) is 3.16. The lowest BCUT2D eigenvalue weighted by Crippen LogP contribution is -2.15. The molecule has 0 aliphatic heterocycles. The highest BCUT2D eigenvalue weighted by Crippen LogP contribution is 2.39. The summed E-state index contributed by atoms with van der Waals surface area (Å²) in [5, 5.41) is 9.49. The van der Waals surface area contributed by atoms with E-state index in [-0.39, 0.29) is 17.1 Å². The van der Waals surface area contributed by atoms with Crippen LogP contribution in [0.5, 0.6) is 5.75 Å². The number of aliphatic carboxylic acids is 1. The zero-order valence-corrected chi connectivity index (χ0v) is 17.2. The van der Waals surface area contributed by atoms with Crippen molar-refractivity contribution < 1.29 is 23.1 Å². The maximum atomic E-state index is 13.1. The molecule has 0 atom stereocenters. The van der Waals surface area contributed by atoms with Crippen molar-refractivity contribution in [2.45, 2.75) is 47.1 Å². The Morgan fingerprint density at radius 2 is 1.93 bits per heavy atom. The van der Waals surface area contributed by atoms with E-state index in [0.29, 0.717) is 16.5 Å². The second-order valence-corrected chi connectivity index (χ2v) is 9.67. The molecule has 1 fully saturated rings. The summed E-state index contributed by atoms with van der Waals surface area (Å²) in [6, 6.07) is 11.7. The van der Waals surface area contributed by atoms with E-state index in [4.69, 9.17) is 9.84 Å². The topological polar surface area (TPSA) is 92.7 Å². The van der Waals surface area contributed by atoms with Crippen LogP contribution in [-0.2, 0) is 21.2 Å². The van der Waals surface area contributed by atoms with Gasteiger partial charge in [0.25, 0.3) is 10.0 Å². The van der Waals surface area contributed by atoms with Crippen molar-refractivity contribution in [1.82, 2.24) is 0 Å². The minimum atomic E-state index is -3.95. The van der Waals surface area contributed by atoms with Crippen molar-refractivity contribution in [3.8, 4) is 5.75 Å². The van der Waals surface area contributed by atoms with Gasteiger partial charge in [0.05, 0.1) is 19.2 Å². The van der Waals surface area contributed by atoms with Crippen LogP contribution in [0, 0.1) is 0 Å². The summed E-state index contributed by atoms with van der Waals surface area (Å²) in [5.74, 6) is -0.859. The highest BCUT2D eigenvalue weighted by atomic mass is 32.2. The first-order chi connectivity index (χ1) is 13.4. The van der Waals surface area contributed by atoms with E-state index in [1.165, 1.54) is 32.1 Å². The fourth-order valence-corrected chi connectivity index (χ4v) is 5.95. The lowest BCUT2D eigenvalue weighted by atomic mass is 10.1. The summed E-state index contributed by atoms with van der Waals surface area (Å²) >= 11 is 1.70. The predicted octanol–water partition coefficient (Wildman–Crippen LogP) is 4.16. The number of methoxy groups -OCH3 is 1. The number of benzene rings is 2. The van der Waals surface area contributed by atoms with E-state index >= 15 is 0 Å². The molecule has 28 heavy (non-hydrogen) atoms. The molecule has 1 aliphatic rings. The number of sulfonamides is 1. The van der Waals surface area contributed by atoms with E-state index in [1.807, 2.05) is 12.1 Å². The second kappa shape index (κ2) is 8.87. The fraction of sp³-hybridized carbons (Fsp3) is 0.350. The van der Waals surface area contributed by atoms with E-state index < -0.39 is 16.0 Å². The molecular formula is C20H23NO5S2. The first kappa shape index (κ1) is 20.5. The first-order valence-electron chi connectivity index (χ1n) is 9.06. The normalized spacial score (nSPS) is 14.8. The van der Waals surface area contributed by atoms with E-state index in [0.717, 1.165) is 17.7 Å². The number of hydrogen-bond donors (Lipinski definition) is 2. The van der Waals surface area contributed by atoms with Crippen LogP contribution < -0.4 is 9.46 Å². The number of carboxylic acids is 1. The second-order valence-electron chi connectivity index (χ2n) is 6.68. The minimum Gasteiger partial charge on any atom is -0.495 e. The molecule has 1 aliphatic carbocycles. The van der Waals surface area contributed by atoms with Crippen LogP contribution in [0.15, 0.2) is 52.3 Å². The number of carbonyl (C=O) groups is 1. The summed E-state index contributed by atoms with van der Waals surface area (Å²) < 4.78 is 34.0. The number of rotatable bonds is 8. The maximum Gasteiger partial charge on any atom is 0.307 e. The van der Waals surface area contributed by atoms with Crippen LogP contribution in [-0.4, -0.2) is 31.9 Å². The Labute approximate surface area is 169 Å². The number of carboxylic acid groups (broad SMARTS) is 1. The molecule has 2 aromatic carbocycles. The van der Waals surface area contributed by atoms with Gasteiger partial charge in [0.2, 0.25) is 0 Å². The van der Waals surface area contributed by atoms with Gasteiger partial charge >= 0.3 is 5.97 Å². The van der Waals surface area contributed by atoms with Crippen LogP contribution in [0.25, 0.3) is 0 Å². The first-order valence-corrected chi connectivity index (χ1v) is 11.4. The van der Waals surface area contributed by atoms with Gasteiger partial charge in [-0.25, -0.2) is 8.42 Å². The molecule has 0 bridgehead atoms. The number of nitrogens with one attached hydrogen (secondary N) is 1. The number of para-hydroxylation sites is 1. The standard InChI is InChI=1S/C20H23NO5S2/c1-26-17-11-10-14(13-20(22)23)12-19(17)28(24,25)21-16-8-4-5-9-18(16)27-15-6-2-3-7-15/h4-5,8-12,15,21H,2-3,6-7,13H2,1H3,(H,22,23). The highest BCUT2D eigenvalue weighted by molar-refractivity contribution is 8.00. The van der Waals surface area contributed by atoms with Gasteiger partial charge in [0.15, 0.2) is 0 Å². The van der Waals surface area contributed by atoms with Gasteiger partial charge < -0.3 is 9.84 Å². The van der Waals surface area contributed by atoms with Gasteiger partial charge in [-0.3, -0.25) is 9.52 Å². The maximum absolute atomic E-state index is 13.1. The lowest BCUT2D eigenvalue weighted by molar-refractivity contribution is -0.136. The molecule has 0 spiro atoms. The molecule has 0 aromatic heterocycles. The van der Waals surface area contributed by atoms with E-state index in [9.17, 15) is 13.2 Å². The lowest BCUT2D eigenvalue weighted by Gasteiger charge is -2.16. The Kier molecular flexibility index (Phi) is 6.51. The van der Waals surface area contributed by atoms with Crippen molar-refractivity contribution >= 4 is 33.4 Å². The Balaban J connectivity index is 1.91. The average molecular weight is 422 g/mol. The van der Waals surface area contributed by atoms with Crippen molar-refractivity contribution in [2.75, 3.05) is 11.8 Å². The highest BCUT2D eigenvalue weighted by Gasteiger charge is 2.23. The number of anilines is 1. The Morgan fingerprint density at radius 1 is 1.21 bits per heavy atom. The molecule has 8 heteroatoms. The van der Waals surface area contributed by atoms with Crippen molar-refractivity contribution in [2.24, 2.45) is 0 Å². The molecule has 3 rings (SSSR count). The van der Waals surface area contributed by atoms with Crippen LogP contribution in [0.1, 0.15) is 31.2 Å². The summed E-state index contributed by atoms with van der Waals surface area (Å²) in [4.78, 5) is 11.8. The molecule has 2 aromatic rings. The van der Waals surface area contributed by atoms with Crippen LogP contribution in [0.3, 0.4) is 0 Å². The molecule has 0 amide bonds. The number of ether oxygens (including phenoxy) is 1. The monoisotopic (exact) mass is 421 g/mol. The van der Waals surface area contributed by atoms with Gasteiger partial charge in [-0.05, 0) is 42.7 Å². The van der Waals surface area contributed by atoms with Gasteiger partial charge in [0.1, 0.15) is 10.6 Å². The quantitative estimate of drug-likeness (QED) is 0.665. The minimum absolute atomic E-state index is 0.0746. The molecule has 0 unspecified atom stereocenters. The summed E-state index contributed by atoms with van der Waals surface area (Å²) in [7, 11) is -2.57. The van der Waals surface area contributed by atoms with Crippen molar-refractivity contribution in [3.05, 3.63) is 48.0 Å². The largest absolute Gasteiger partial charge is 0.495 e. The van der Waals surface area contributed by atoms with Gasteiger partial charge in [-0.1, -0.05) is 31.0 Å². The molecule has 150 valence electrons. The number of thioether (sulfide) groups is 1. The van der Waals surface area contributed by atoms with Crippen LogP contribution in [0.2, 0.25) is 0 Å². The molecule has 6 nitrogen and oxygen atoms in total. The summed E-state index contributed by atoms with van der Waals surface area (Å²) in [5.41, 5.74) is 0.910. The molecule has 2 N–H and O–H groups in total. The molecular weight excluding hydrogens is 398 g/mol. The van der Waals surface area contributed by atoms with Crippen LogP contribution >= 0.6 is 11.8 Å². The smallest absolute Gasteiger partial charge is 0.307 e. The molecule has 0 radical (unpaired) electrons. The van der Waals surface area contributed by atoms with E-state index in [2.05, 4.69) is 4.72 Å². The van der Waals surface area contributed by atoms with Gasteiger partial charge in [-0.2, -0.15) is 0 Å². The SMILES string of the molecule is COc1ccc(CC(=O)O)cc1S(=O)(=O)Nc1ccccc1SC1CCCC1. The Morgan fingerprint density at radius 3 is 2.61 bits per heavy atom. The fourth-order valence-electron chi connectivity index (χ4n) is 3.25. The van der Waals surface area contributed by atoms with Crippen LogP contribution in [0.4, 0.5) is 5.69 Å². The van der Waals surface area contributed by atoms with Crippen molar-refractivity contribution in [1.29, 1.82) is 0 Å². The molecule has 0 saturated heterocycles. The zero-order chi connectivity index (χ0) is 20.1. The summed E-state index contributed by atoms with van der Waals surface area (Å²) in [6.45, 7) is 0. The zero-order valence-electron chi connectivity index (χ0n) is 15.6. The molecule has 1 saturated carbocycles.